The van der Waals surface area contributed by atoms with E-state index in [4.69, 9.17) is 0 Å². The summed E-state index contributed by atoms with van der Waals surface area (Å²) in [6.45, 7) is 1.34. The van der Waals surface area contributed by atoms with Crippen molar-refractivity contribution in [2.45, 2.75) is 13.0 Å². The number of nitrogens with one attached hydrogen (secondary N) is 3. The molecule has 1 aromatic heterocycles. The van der Waals surface area contributed by atoms with E-state index in [1.807, 2.05) is 48.5 Å². The van der Waals surface area contributed by atoms with E-state index in [1.54, 1.807) is 13.2 Å². The second-order valence-electron chi connectivity index (χ2n) is 5.19. The standard InChI is InChI=1S/C18H23N5O/c1-19-18(22-13-16-9-5-6-11-20-16)23-14-17(24)21-12-10-15-7-3-2-4-8-15/h2-9,11H,10,12-14H2,1H3,(H,21,24)(H2,19,22,23). The summed E-state index contributed by atoms with van der Waals surface area (Å²) in [5, 5.41) is 8.99. The van der Waals surface area contributed by atoms with Crippen LogP contribution in [0.5, 0.6) is 0 Å². The molecule has 126 valence electrons. The fourth-order valence-corrected chi connectivity index (χ4v) is 2.12. The predicted molar refractivity (Wildman–Crippen MR) is 95.6 cm³/mol. The van der Waals surface area contributed by atoms with Crippen molar-refractivity contribution in [3.8, 4) is 0 Å². The van der Waals surface area contributed by atoms with Crippen LogP contribution in [0.1, 0.15) is 11.3 Å². The molecule has 1 amide bonds. The van der Waals surface area contributed by atoms with Gasteiger partial charge in [-0.15, -0.1) is 0 Å². The lowest BCUT2D eigenvalue weighted by Gasteiger charge is -2.11. The maximum Gasteiger partial charge on any atom is 0.239 e. The zero-order valence-electron chi connectivity index (χ0n) is 13.8. The molecular weight excluding hydrogens is 302 g/mol. The molecule has 24 heavy (non-hydrogen) atoms. The normalized spacial score (nSPS) is 11.0. The minimum absolute atomic E-state index is 0.0632. The van der Waals surface area contributed by atoms with E-state index in [-0.39, 0.29) is 12.5 Å². The fraction of sp³-hybridized carbons (Fsp3) is 0.278. The van der Waals surface area contributed by atoms with Crippen LogP contribution >= 0.6 is 0 Å². The molecule has 0 saturated heterocycles. The average molecular weight is 325 g/mol. The molecule has 2 aromatic rings. The minimum Gasteiger partial charge on any atom is -0.354 e. The van der Waals surface area contributed by atoms with Crippen molar-refractivity contribution in [1.29, 1.82) is 0 Å². The van der Waals surface area contributed by atoms with E-state index in [9.17, 15) is 4.79 Å². The van der Waals surface area contributed by atoms with Gasteiger partial charge in [0.25, 0.3) is 0 Å². The molecule has 0 aliphatic carbocycles. The Labute approximate surface area is 142 Å². The molecule has 0 atom stereocenters. The Morgan fingerprint density at radius 2 is 1.83 bits per heavy atom. The zero-order valence-corrected chi connectivity index (χ0v) is 13.8. The van der Waals surface area contributed by atoms with Crippen LogP contribution in [0, 0.1) is 0 Å². The molecule has 0 aliphatic rings. The Morgan fingerprint density at radius 1 is 1.04 bits per heavy atom. The molecule has 6 heteroatoms. The molecular formula is C18H23N5O. The average Bonchev–Trinajstić information content (AvgIpc) is 2.63. The van der Waals surface area contributed by atoms with Gasteiger partial charge in [-0.3, -0.25) is 14.8 Å². The van der Waals surface area contributed by atoms with Crippen molar-refractivity contribution >= 4 is 11.9 Å². The van der Waals surface area contributed by atoms with E-state index in [1.165, 1.54) is 5.56 Å². The number of carbonyl (C=O) groups excluding carboxylic acids is 1. The smallest absolute Gasteiger partial charge is 0.239 e. The van der Waals surface area contributed by atoms with Gasteiger partial charge >= 0.3 is 0 Å². The molecule has 6 nitrogen and oxygen atoms in total. The van der Waals surface area contributed by atoms with E-state index < -0.39 is 0 Å². The molecule has 0 unspecified atom stereocenters. The fourth-order valence-electron chi connectivity index (χ4n) is 2.12. The lowest BCUT2D eigenvalue weighted by molar-refractivity contribution is -0.119. The maximum absolute atomic E-state index is 11.9. The predicted octanol–water partition coefficient (Wildman–Crippen LogP) is 1.11. The Balaban J connectivity index is 1.64. The molecule has 1 aromatic carbocycles. The van der Waals surface area contributed by atoms with E-state index in [2.05, 4.69) is 25.9 Å². The summed E-state index contributed by atoms with van der Waals surface area (Å²) >= 11 is 0. The van der Waals surface area contributed by atoms with Crippen molar-refractivity contribution in [2.75, 3.05) is 20.1 Å². The Morgan fingerprint density at radius 3 is 2.54 bits per heavy atom. The van der Waals surface area contributed by atoms with Gasteiger partial charge in [-0.1, -0.05) is 36.4 Å². The number of nitrogens with zero attached hydrogens (tertiary/aromatic N) is 2. The molecule has 2 rings (SSSR count). The number of carbonyl (C=O) groups is 1. The number of hydrogen-bond donors (Lipinski definition) is 3. The van der Waals surface area contributed by atoms with Crippen LogP contribution in [0.15, 0.2) is 59.7 Å². The van der Waals surface area contributed by atoms with Gasteiger partial charge in [0, 0.05) is 19.8 Å². The van der Waals surface area contributed by atoms with Crippen LogP contribution in [-0.2, 0) is 17.8 Å². The highest BCUT2D eigenvalue weighted by Crippen LogP contribution is 1.97. The van der Waals surface area contributed by atoms with Gasteiger partial charge in [-0.05, 0) is 24.1 Å². The van der Waals surface area contributed by atoms with Crippen LogP contribution in [-0.4, -0.2) is 37.0 Å². The molecule has 0 bridgehead atoms. The number of aliphatic imine (C=N–C) groups is 1. The summed E-state index contributed by atoms with van der Waals surface area (Å²) in [7, 11) is 1.67. The molecule has 1 heterocycles. The van der Waals surface area contributed by atoms with Gasteiger partial charge in [0.15, 0.2) is 5.96 Å². The summed E-state index contributed by atoms with van der Waals surface area (Å²) in [5.74, 6) is 0.505. The summed E-state index contributed by atoms with van der Waals surface area (Å²) in [6.07, 6.45) is 2.56. The molecule has 0 aliphatic heterocycles. The molecule has 0 spiro atoms. The topological polar surface area (TPSA) is 78.4 Å². The van der Waals surface area contributed by atoms with Crippen molar-refractivity contribution in [1.82, 2.24) is 20.9 Å². The van der Waals surface area contributed by atoms with Crippen molar-refractivity contribution in [3.63, 3.8) is 0 Å². The van der Waals surface area contributed by atoms with E-state index >= 15 is 0 Å². The minimum atomic E-state index is -0.0632. The van der Waals surface area contributed by atoms with E-state index in [0.717, 1.165) is 12.1 Å². The molecule has 0 radical (unpaired) electrons. The van der Waals surface area contributed by atoms with Crippen molar-refractivity contribution in [3.05, 3.63) is 66.0 Å². The summed E-state index contributed by atoms with van der Waals surface area (Å²) in [5.41, 5.74) is 2.12. The van der Waals surface area contributed by atoms with Gasteiger partial charge in [0.1, 0.15) is 0 Å². The van der Waals surface area contributed by atoms with Crippen LogP contribution in [0.25, 0.3) is 0 Å². The second-order valence-corrected chi connectivity index (χ2v) is 5.19. The van der Waals surface area contributed by atoms with Crippen LogP contribution in [0.2, 0.25) is 0 Å². The zero-order chi connectivity index (χ0) is 17.0. The van der Waals surface area contributed by atoms with E-state index in [0.29, 0.717) is 19.0 Å². The monoisotopic (exact) mass is 325 g/mol. The molecule has 0 fully saturated rings. The van der Waals surface area contributed by atoms with Gasteiger partial charge in [0.05, 0.1) is 18.8 Å². The summed E-state index contributed by atoms with van der Waals surface area (Å²) < 4.78 is 0. The Kier molecular flexibility index (Phi) is 7.27. The third kappa shape index (κ3) is 6.48. The third-order valence-corrected chi connectivity index (χ3v) is 3.38. The first-order valence-electron chi connectivity index (χ1n) is 7.93. The SMILES string of the molecule is CN=C(NCC(=O)NCCc1ccccc1)NCc1ccccn1. The Bertz CT molecular complexity index is 643. The van der Waals surface area contributed by atoms with Gasteiger partial charge in [-0.2, -0.15) is 0 Å². The third-order valence-electron chi connectivity index (χ3n) is 3.38. The van der Waals surface area contributed by atoms with Crippen molar-refractivity contribution in [2.24, 2.45) is 4.99 Å². The number of amides is 1. The number of aromatic nitrogens is 1. The maximum atomic E-state index is 11.9. The summed E-state index contributed by atoms with van der Waals surface area (Å²) in [4.78, 5) is 20.2. The highest BCUT2D eigenvalue weighted by Gasteiger charge is 2.03. The van der Waals surface area contributed by atoms with Gasteiger partial charge < -0.3 is 16.0 Å². The number of rotatable bonds is 7. The molecule has 0 saturated carbocycles. The van der Waals surface area contributed by atoms with Crippen molar-refractivity contribution < 1.29 is 4.79 Å². The molecule has 3 N–H and O–H groups in total. The number of hydrogen-bond acceptors (Lipinski definition) is 3. The first-order chi connectivity index (χ1) is 11.8. The van der Waals surface area contributed by atoms with Crippen LogP contribution < -0.4 is 16.0 Å². The quantitative estimate of drug-likeness (QED) is 0.526. The van der Waals surface area contributed by atoms with Crippen LogP contribution in [0.4, 0.5) is 0 Å². The Hall–Kier alpha value is -2.89. The lowest BCUT2D eigenvalue weighted by Crippen LogP contribution is -2.43. The number of guanidine groups is 1. The summed E-state index contributed by atoms with van der Waals surface area (Å²) in [6, 6.07) is 15.8. The first-order valence-corrected chi connectivity index (χ1v) is 7.93. The number of pyridine rings is 1. The lowest BCUT2D eigenvalue weighted by atomic mass is 10.1. The second kappa shape index (κ2) is 9.99. The largest absolute Gasteiger partial charge is 0.354 e. The highest BCUT2D eigenvalue weighted by atomic mass is 16.1. The first kappa shape index (κ1) is 17.5. The van der Waals surface area contributed by atoms with Gasteiger partial charge in [-0.25, -0.2) is 0 Å². The van der Waals surface area contributed by atoms with Gasteiger partial charge in [0.2, 0.25) is 5.91 Å². The highest BCUT2D eigenvalue weighted by molar-refractivity contribution is 5.86. The van der Waals surface area contributed by atoms with Crippen LogP contribution in [0.3, 0.4) is 0 Å². The number of benzene rings is 1.